The summed E-state index contributed by atoms with van der Waals surface area (Å²) in [5.41, 5.74) is 18.1. The van der Waals surface area contributed by atoms with Crippen LogP contribution >= 0.6 is 0 Å². The summed E-state index contributed by atoms with van der Waals surface area (Å²) in [6, 6.07) is 30.1. The third kappa shape index (κ3) is 29.3. The lowest BCUT2D eigenvalue weighted by atomic mass is 10.1. The standard InChI is InChI=1S/C14H15F3O.3C14H17FO.C14H18O.2C13H15FO.C13H16O/c1-7-5-8-9(6-7)11(16)13(12(17)10(8)15)18-14(2,3)4;1-9-5-10-7-11(16-14(2,3)4)8-13(15)12(10)6-9;1-9-5-10-7-12(15)13(8-11(10)6-9)16-14(2,3)4;1-9-7-10-5-6-12(16-14(2,3)4)13(15)11(10)8-9;1-10-7-11-5-6-13(9-12(11)8-10)15-14(2,3)4;1-13(2,3)15-12-8-10-6-4-5-9(10)7-11(12)14;1-13(2,3)15-11-8-7-9-5-4-6-10(9)12(11)14;1-13(2,3)14-12-8-7-10-5-4-6-11(10)9-12/h6H,5H2,1-4H3;5,7-8H,6H2,1-4H3;6-8H,5H2,1-4H3;5-6,8H,7H2,1-4H3;5-6,8-9H,7H2,1-4H3;2*4,6-8H,5H2,1-3H3;4,6-9H,5H2,1-3H3. The van der Waals surface area contributed by atoms with Crippen LogP contribution in [-0.4, -0.2) is 44.8 Å². The van der Waals surface area contributed by atoms with Gasteiger partial charge in [-0.2, -0.15) is 4.39 Å². The normalized spacial score (nSPS) is 14.5. The van der Waals surface area contributed by atoms with Gasteiger partial charge in [-0.3, -0.25) is 0 Å². The smallest absolute Gasteiger partial charge is 0.204 e. The van der Waals surface area contributed by atoms with Gasteiger partial charge in [0.1, 0.15) is 67.9 Å². The minimum Gasteiger partial charge on any atom is -0.488 e. The number of rotatable bonds is 8. The van der Waals surface area contributed by atoms with E-state index in [1.807, 2.05) is 172 Å². The Balaban J connectivity index is 0.000000162. The Morgan fingerprint density at radius 3 is 1.13 bits per heavy atom. The average molecular weight is 1720 g/mol. The van der Waals surface area contributed by atoms with Crippen LogP contribution < -0.4 is 37.9 Å². The summed E-state index contributed by atoms with van der Waals surface area (Å²) in [6.45, 7) is 56.2. The van der Waals surface area contributed by atoms with Crippen molar-refractivity contribution in [3.8, 4) is 46.0 Å². The van der Waals surface area contributed by atoms with Gasteiger partial charge in [-0.25, -0.2) is 30.7 Å². The molecule has 16 heteroatoms. The zero-order valence-corrected chi connectivity index (χ0v) is 79.0. The maximum Gasteiger partial charge on any atom is 0.204 e. The zero-order valence-electron chi connectivity index (χ0n) is 79.0. The van der Waals surface area contributed by atoms with Crippen LogP contribution in [0.25, 0.3) is 48.6 Å². The Kier molecular flexibility index (Phi) is 30.8. The van der Waals surface area contributed by atoms with Crippen molar-refractivity contribution in [1.82, 2.24) is 0 Å². The van der Waals surface area contributed by atoms with Gasteiger partial charge in [0.15, 0.2) is 63.7 Å². The van der Waals surface area contributed by atoms with Crippen molar-refractivity contribution in [1.29, 1.82) is 0 Å². The highest BCUT2D eigenvalue weighted by molar-refractivity contribution is 5.71. The molecule has 125 heavy (non-hydrogen) atoms. The van der Waals surface area contributed by atoms with E-state index >= 15 is 0 Å². The molecular weight excluding hydrogens is 1590 g/mol. The van der Waals surface area contributed by atoms with Gasteiger partial charge in [0, 0.05) is 28.3 Å². The molecule has 16 rings (SSSR count). The first kappa shape index (κ1) is 98.3. The van der Waals surface area contributed by atoms with E-state index in [0.29, 0.717) is 39.9 Å². The summed E-state index contributed by atoms with van der Waals surface area (Å²) in [5, 5.41) is 0. The van der Waals surface area contributed by atoms with Crippen LogP contribution in [-0.2, 0) is 51.4 Å². The lowest BCUT2D eigenvalue weighted by molar-refractivity contribution is 0.115. The van der Waals surface area contributed by atoms with Crippen molar-refractivity contribution in [2.45, 2.75) is 297 Å². The van der Waals surface area contributed by atoms with Gasteiger partial charge in [-0.05, 0) is 386 Å². The Labute approximate surface area is 739 Å². The molecule has 8 aromatic carbocycles. The maximum atomic E-state index is 14.1. The second kappa shape index (κ2) is 39.2. The largest absolute Gasteiger partial charge is 0.488 e. The van der Waals surface area contributed by atoms with Gasteiger partial charge in [-0.1, -0.05) is 119 Å². The van der Waals surface area contributed by atoms with Crippen LogP contribution in [0.15, 0.2) is 143 Å². The molecule has 0 unspecified atom stereocenters. The molecule has 0 atom stereocenters. The Morgan fingerprint density at radius 1 is 0.232 bits per heavy atom. The van der Waals surface area contributed by atoms with Gasteiger partial charge in [-0.15, -0.1) is 0 Å². The van der Waals surface area contributed by atoms with Gasteiger partial charge in [0.2, 0.25) is 5.82 Å². The lowest BCUT2D eigenvalue weighted by Crippen LogP contribution is -2.25. The summed E-state index contributed by atoms with van der Waals surface area (Å²) in [7, 11) is 0. The molecule has 0 fully saturated rings. The molecule has 8 aliphatic rings. The van der Waals surface area contributed by atoms with E-state index in [0.717, 1.165) is 107 Å². The van der Waals surface area contributed by atoms with Crippen LogP contribution in [0, 0.1) is 46.5 Å². The minimum absolute atomic E-state index is 0.0729. The molecule has 0 amide bonds. The van der Waals surface area contributed by atoms with Crippen LogP contribution in [0.3, 0.4) is 0 Å². The number of allylic oxidation sites excluding steroid dienone is 8. The van der Waals surface area contributed by atoms with Crippen LogP contribution in [0.1, 0.15) is 290 Å². The van der Waals surface area contributed by atoms with Gasteiger partial charge in [0.05, 0.1) is 0 Å². The molecule has 0 N–H and O–H groups in total. The summed E-state index contributed by atoms with van der Waals surface area (Å²) in [5.74, 6) is -0.988. The Morgan fingerprint density at radius 2 is 0.592 bits per heavy atom. The summed E-state index contributed by atoms with van der Waals surface area (Å²) < 4.78 is 156. The van der Waals surface area contributed by atoms with Crippen molar-refractivity contribution in [3.63, 3.8) is 0 Å². The quantitative estimate of drug-likeness (QED) is 0.110. The van der Waals surface area contributed by atoms with E-state index in [-0.39, 0.29) is 85.8 Å². The van der Waals surface area contributed by atoms with Crippen molar-refractivity contribution >= 4 is 48.6 Å². The molecule has 0 aliphatic heterocycles. The molecule has 0 aromatic heterocycles. The first-order valence-corrected chi connectivity index (χ1v) is 43.1. The highest BCUT2D eigenvalue weighted by Gasteiger charge is 2.32. The van der Waals surface area contributed by atoms with Crippen LogP contribution in [0.2, 0.25) is 0 Å². The number of hydrogen-bond donors (Lipinski definition) is 0. The second-order valence-electron chi connectivity index (χ2n) is 41.1. The fourth-order valence-electron chi connectivity index (χ4n) is 14.7. The molecule has 0 saturated carbocycles. The fraction of sp³-hybridized carbons (Fsp3) is 0.413. The minimum atomic E-state index is -1.25. The van der Waals surface area contributed by atoms with E-state index < -0.39 is 28.8 Å². The molecule has 8 aromatic rings. The monoisotopic (exact) mass is 1720 g/mol. The summed E-state index contributed by atoms with van der Waals surface area (Å²) in [4.78, 5) is 0. The van der Waals surface area contributed by atoms with Crippen molar-refractivity contribution in [2.24, 2.45) is 0 Å². The lowest BCUT2D eigenvalue weighted by Gasteiger charge is -2.23. The van der Waals surface area contributed by atoms with Crippen LogP contribution in [0.4, 0.5) is 35.1 Å². The number of ether oxygens (including phenoxy) is 8. The predicted octanol–water partition coefficient (Wildman–Crippen LogP) is 30.5. The number of benzene rings is 8. The Bertz CT molecular complexity index is 5520. The average Bonchev–Trinajstić information content (AvgIpc) is 1.66. The first-order chi connectivity index (χ1) is 57.7. The highest BCUT2D eigenvalue weighted by Crippen LogP contribution is 2.42. The number of hydrogen-bond acceptors (Lipinski definition) is 8. The molecule has 670 valence electrons. The van der Waals surface area contributed by atoms with E-state index in [1.165, 1.54) is 56.7 Å². The van der Waals surface area contributed by atoms with Gasteiger partial charge < -0.3 is 37.9 Å². The third-order valence-electron chi connectivity index (χ3n) is 19.3. The fourth-order valence-corrected chi connectivity index (χ4v) is 14.7. The predicted molar refractivity (Wildman–Crippen MR) is 499 cm³/mol. The van der Waals surface area contributed by atoms with E-state index in [4.69, 9.17) is 37.9 Å². The van der Waals surface area contributed by atoms with Crippen molar-refractivity contribution in [3.05, 3.63) is 279 Å². The Hall–Kier alpha value is -10.5. The van der Waals surface area contributed by atoms with Crippen molar-refractivity contribution < 1.29 is 73.0 Å². The molecular formula is C109H130F8O8. The highest BCUT2D eigenvalue weighted by atomic mass is 19.2. The second-order valence-corrected chi connectivity index (χ2v) is 41.1. The number of halogens is 8. The van der Waals surface area contributed by atoms with Gasteiger partial charge in [0.25, 0.3) is 0 Å². The summed E-state index contributed by atoms with van der Waals surface area (Å²) >= 11 is 0. The zero-order chi connectivity index (χ0) is 92.8. The maximum absolute atomic E-state index is 14.1. The van der Waals surface area contributed by atoms with Crippen LogP contribution in [0.5, 0.6) is 46.0 Å². The van der Waals surface area contributed by atoms with E-state index in [9.17, 15) is 35.1 Å². The van der Waals surface area contributed by atoms with E-state index in [1.54, 1.807) is 64.1 Å². The van der Waals surface area contributed by atoms with Crippen molar-refractivity contribution in [2.75, 3.05) is 0 Å². The summed E-state index contributed by atoms with van der Waals surface area (Å²) in [6.07, 6.45) is 28.4. The topological polar surface area (TPSA) is 73.8 Å². The number of fused-ring (bicyclic) bond motifs is 8. The molecule has 0 bridgehead atoms. The molecule has 0 saturated heterocycles. The molecule has 8 nitrogen and oxygen atoms in total. The molecule has 0 spiro atoms. The molecule has 0 radical (unpaired) electrons. The molecule has 0 heterocycles. The first-order valence-electron chi connectivity index (χ1n) is 43.1. The van der Waals surface area contributed by atoms with Gasteiger partial charge >= 0.3 is 0 Å². The SMILES string of the molecule is CC(C)(C)Oc1cc2c(cc1F)CC=C2.CC(C)(C)Oc1ccc2c(c1)C=CC2.CC(C)(C)Oc1ccc2c(c1F)C=CC2.CC1=Cc2c(F)c(OC(C)(C)C)c(F)c(F)c2C1.CC1=Cc2c(ccc(OC(C)(C)C)c2F)C1.CC1=Cc2cc(OC(C)(C)C)c(F)cc2C1.CC1=Cc2cc(OC(C)(C)C)cc(F)c2C1.CC1=Cc2cc(OC(C)(C)C)ccc2C1. The molecule has 8 aliphatic carbocycles. The van der Waals surface area contributed by atoms with E-state index in [2.05, 4.69) is 116 Å². The third-order valence-corrected chi connectivity index (χ3v) is 19.3.